The van der Waals surface area contributed by atoms with Crippen molar-refractivity contribution in [2.75, 3.05) is 32.8 Å². The number of pyridine rings is 1. The minimum Gasteiger partial charge on any atom is -0.492 e. The Morgan fingerprint density at radius 2 is 1.90 bits per heavy atom. The zero-order valence-electron chi connectivity index (χ0n) is 22.3. The van der Waals surface area contributed by atoms with Crippen molar-refractivity contribution in [2.24, 2.45) is 0 Å². The Morgan fingerprint density at radius 3 is 2.62 bits per heavy atom. The average molecular weight is 567 g/mol. The van der Waals surface area contributed by atoms with Gasteiger partial charge in [0.15, 0.2) is 6.29 Å². The van der Waals surface area contributed by atoms with Crippen molar-refractivity contribution in [1.82, 2.24) is 19.3 Å². The van der Waals surface area contributed by atoms with Crippen molar-refractivity contribution in [3.05, 3.63) is 72.7 Å². The summed E-state index contributed by atoms with van der Waals surface area (Å²) in [6, 6.07) is 12.4. The molecule has 1 amide bonds. The number of carbonyl (C=O) groups is 1. The average Bonchev–Trinajstić information content (AvgIpc) is 3.69. The molecule has 1 unspecified atom stereocenters. The summed E-state index contributed by atoms with van der Waals surface area (Å²) in [5.74, 6) is 0.328. The summed E-state index contributed by atoms with van der Waals surface area (Å²) < 4.78 is 38.6. The third kappa shape index (κ3) is 7.36. The summed E-state index contributed by atoms with van der Waals surface area (Å²) >= 11 is 0. The summed E-state index contributed by atoms with van der Waals surface area (Å²) in [6.45, 7) is 4.48. The number of rotatable bonds is 11. The largest absolute Gasteiger partial charge is 0.492 e. The lowest BCUT2D eigenvalue weighted by molar-refractivity contribution is -0.198. The Morgan fingerprint density at radius 1 is 1.07 bits per heavy atom. The number of ether oxygens (including phenoxy) is 2. The normalized spacial score (nSPS) is 18.2. The van der Waals surface area contributed by atoms with Crippen LogP contribution in [0.3, 0.4) is 0 Å². The third-order valence-corrected chi connectivity index (χ3v) is 8.50. The molecule has 2 fully saturated rings. The molecular formula is C29H34N4O6S. The number of aromatic nitrogens is 2. The SMILES string of the molecule is O=C(/C=C/c1ccn(S(=O)(=O)c2ccc(-c3ccc(OCCN4CCCC4)cc3)nc2)c1)NOC1CCCCO1. The van der Waals surface area contributed by atoms with Crippen LogP contribution in [0.2, 0.25) is 0 Å². The smallest absolute Gasteiger partial charge is 0.269 e. The molecule has 5 rings (SSSR count). The minimum atomic E-state index is -3.85. The van der Waals surface area contributed by atoms with Gasteiger partial charge in [0.1, 0.15) is 17.3 Å². The van der Waals surface area contributed by atoms with E-state index >= 15 is 0 Å². The van der Waals surface area contributed by atoms with Gasteiger partial charge in [0.05, 0.1) is 5.69 Å². The number of hydrogen-bond donors (Lipinski definition) is 1. The summed E-state index contributed by atoms with van der Waals surface area (Å²) in [5, 5.41) is 0. The zero-order valence-corrected chi connectivity index (χ0v) is 23.1. The standard InChI is InChI=1S/C29H34N4O6S/c34-28(31-39-29-5-1-4-19-38-29)13-6-23-14-17-33(22-23)40(35,36)26-11-12-27(30-21-26)24-7-9-25(10-8-24)37-20-18-32-15-2-3-16-32/h6-14,17,21-22,29H,1-5,15-16,18-20H2,(H,31,34)/b13-6+. The molecule has 40 heavy (non-hydrogen) atoms. The van der Waals surface area contributed by atoms with Gasteiger partial charge in [-0.3, -0.25) is 14.7 Å². The van der Waals surface area contributed by atoms with E-state index in [-0.39, 0.29) is 4.90 Å². The van der Waals surface area contributed by atoms with Crippen molar-refractivity contribution >= 4 is 22.0 Å². The number of carbonyl (C=O) groups excluding carboxylic acids is 1. The van der Waals surface area contributed by atoms with E-state index in [1.807, 2.05) is 24.3 Å². The van der Waals surface area contributed by atoms with Crippen molar-refractivity contribution in [1.29, 1.82) is 0 Å². The number of amides is 1. The van der Waals surface area contributed by atoms with Gasteiger partial charge in [-0.2, -0.15) is 0 Å². The summed E-state index contributed by atoms with van der Waals surface area (Å²) in [4.78, 5) is 24.1. The third-order valence-electron chi connectivity index (χ3n) is 6.88. The molecule has 212 valence electrons. The van der Waals surface area contributed by atoms with Crippen LogP contribution in [0, 0.1) is 0 Å². The van der Waals surface area contributed by atoms with Crippen LogP contribution in [0.1, 0.15) is 37.7 Å². The number of nitrogens with one attached hydrogen (secondary N) is 1. The van der Waals surface area contributed by atoms with Crippen LogP contribution >= 0.6 is 0 Å². The van der Waals surface area contributed by atoms with Gasteiger partial charge in [0.2, 0.25) is 0 Å². The van der Waals surface area contributed by atoms with Crippen LogP contribution in [0.25, 0.3) is 17.3 Å². The van der Waals surface area contributed by atoms with Gasteiger partial charge >= 0.3 is 0 Å². The lowest BCUT2D eigenvalue weighted by Gasteiger charge is -2.21. The first-order valence-electron chi connectivity index (χ1n) is 13.6. The first-order chi connectivity index (χ1) is 19.5. The van der Waals surface area contributed by atoms with E-state index in [2.05, 4.69) is 15.4 Å². The quantitative estimate of drug-likeness (QED) is 0.275. The maximum Gasteiger partial charge on any atom is 0.269 e. The highest BCUT2D eigenvalue weighted by molar-refractivity contribution is 7.90. The highest BCUT2D eigenvalue weighted by Crippen LogP contribution is 2.23. The van der Waals surface area contributed by atoms with Crippen LogP contribution in [0.15, 0.2) is 72.0 Å². The second-order valence-corrected chi connectivity index (χ2v) is 11.6. The molecule has 2 aliphatic heterocycles. The molecule has 1 N–H and O–H groups in total. The molecule has 1 aromatic carbocycles. The van der Waals surface area contributed by atoms with E-state index in [1.165, 1.54) is 49.7 Å². The molecule has 11 heteroatoms. The first kappa shape index (κ1) is 28.0. The number of hydroxylamine groups is 1. The van der Waals surface area contributed by atoms with E-state index in [9.17, 15) is 13.2 Å². The molecule has 10 nitrogen and oxygen atoms in total. The molecule has 2 aliphatic rings. The van der Waals surface area contributed by atoms with E-state index in [4.69, 9.17) is 14.3 Å². The Bertz CT molecular complexity index is 1390. The van der Waals surface area contributed by atoms with Crippen LogP contribution in [0.5, 0.6) is 5.75 Å². The van der Waals surface area contributed by atoms with Crippen molar-refractivity contribution in [3.63, 3.8) is 0 Å². The number of hydrogen-bond acceptors (Lipinski definition) is 8. The molecule has 0 radical (unpaired) electrons. The highest BCUT2D eigenvalue weighted by atomic mass is 32.2. The van der Waals surface area contributed by atoms with E-state index < -0.39 is 22.2 Å². The van der Waals surface area contributed by atoms with E-state index in [0.29, 0.717) is 24.5 Å². The van der Waals surface area contributed by atoms with Crippen molar-refractivity contribution < 1.29 is 27.5 Å². The molecule has 0 bridgehead atoms. The van der Waals surface area contributed by atoms with Gasteiger partial charge < -0.3 is 9.47 Å². The second-order valence-electron chi connectivity index (χ2n) is 9.79. The predicted molar refractivity (Wildman–Crippen MR) is 150 cm³/mol. The van der Waals surface area contributed by atoms with Gasteiger partial charge in [-0.1, -0.05) is 0 Å². The van der Waals surface area contributed by atoms with Gasteiger partial charge in [-0.05, 0) is 92.9 Å². The molecular weight excluding hydrogens is 532 g/mol. The Hall–Kier alpha value is -3.51. The summed E-state index contributed by atoms with van der Waals surface area (Å²) in [6.07, 6.45) is 11.8. The maximum absolute atomic E-state index is 13.1. The van der Waals surface area contributed by atoms with Crippen LogP contribution in [-0.4, -0.2) is 67.3 Å². The molecule has 4 heterocycles. The predicted octanol–water partition coefficient (Wildman–Crippen LogP) is 3.85. The Kier molecular flexibility index (Phi) is 9.27. The van der Waals surface area contributed by atoms with Crippen molar-refractivity contribution in [2.45, 2.75) is 43.3 Å². The van der Waals surface area contributed by atoms with E-state index in [1.54, 1.807) is 12.1 Å². The molecule has 0 saturated carbocycles. The lowest BCUT2D eigenvalue weighted by atomic mass is 10.1. The molecule has 3 aromatic rings. The fourth-order valence-electron chi connectivity index (χ4n) is 4.62. The van der Waals surface area contributed by atoms with Crippen LogP contribution in [-0.2, 0) is 24.4 Å². The zero-order chi connectivity index (χ0) is 27.8. The maximum atomic E-state index is 13.1. The fourth-order valence-corrected chi connectivity index (χ4v) is 5.77. The molecule has 0 aliphatic carbocycles. The highest BCUT2D eigenvalue weighted by Gasteiger charge is 2.18. The summed E-state index contributed by atoms with van der Waals surface area (Å²) in [7, 11) is -3.85. The monoisotopic (exact) mass is 566 g/mol. The molecule has 2 saturated heterocycles. The van der Waals surface area contributed by atoms with Gasteiger partial charge in [0.25, 0.3) is 15.9 Å². The van der Waals surface area contributed by atoms with Crippen molar-refractivity contribution in [3.8, 4) is 17.0 Å². The number of benzene rings is 1. The molecule has 2 aromatic heterocycles. The first-order valence-corrected chi connectivity index (χ1v) is 15.0. The number of nitrogens with zero attached hydrogens (tertiary/aromatic N) is 3. The fraction of sp³-hybridized carbons (Fsp3) is 0.379. The summed E-state index contributed by atoms with van der Waals surface area (Å²) in [5.41, 5.74) is 4.40. The van der Waals surface area contributed by atoms with Crippen LogP contribution in [0.4, 0.5) is 0 Å². The number of likely N-dealkylation sites (tertiary alicyclic amines) is 1. The van der Waals surface area contributed by atoms with E-state index in [0.717, 1.165) is 54.2 Å². The molecule has 1 atom stereocenters. The minimum absolute atomic E-state index is 0.0582. The van der Waals surface area contributed by atoms with Gasteiger partial charge in [-0.25, -0.2) is 22.7 Å². The Labute approximate surface area is 234 Å². The van der Waals surface area contributed by atoms with Crippen LogP contribution < -0.4 is 10.2 Å². The topological polar surface area (TPSA) is 112 Å². The lowest BCUT2D eigenvalue weighted by Crippen LogP contribution is -2.32. The second kappa shape index (κ2) is 13.2. The molecule has 0 spiro atoms. The van der Waals surface area contributed by atoms with Gasteiger partial charge in [-0.15, -0.1) is 0 Å². The Balaban J connectivity index is 1.15. The van der Waals surface area contributed by atoms with Gasteiger partial charge in [0, 0.05) is 49.8 Å².